The number of thioether (sulfide) groups is 1. The van der Waals surface area contributed by atoms with E-state index in [0.717, 1.165) is 11.3 Å². The van der Waals surface area contributed by atoms with Gasteiger partial charge in [0, 0.05) is 22.7 Å². The highest BCUT2D eigenvalue weighted by molar-refractivity contribution is 8.26. The number of hydrogen-bond acceptors (Lipinski definition) is 5. The van der Waals surface area contributed by atoms with Gasteiger partial charge in [0.1, 0.15) is 4.32 Å². The molecule has 2 aromatic rings. The van der Waals surface area contributed by atoms with Crippen LogP contribution in [0.25, 0.3) is 18.2 Å². The SMILES string of the molecule is O=C(O)CCCN1C(=O)/C(=C\c2cc3c(s2)C=Cc2ccccc2C3)SC1=S. The van der Waals surface area contributed by atoms with E-state index in [4.69, 9.17) is 17.3 Å². The van der Waals surface area contributed by atoms with Crippen molar-refractivity contribution in [2.24, 2.45) is 0 Å². The minimum Gasteiger partial charge on any atom is -0.481 e. The highest BCUT2D eigenvalue weighted by atomic mass is 32.2. The van der Waals surface area contributed by atoms with E-state index in [1.807, 2.05) is 12.1 Å². The first-order valence-corrected chi connectivity index (χ1v) is 10.9. The highest BCUT2D eigenvalue weighted by Gasteiger charge is 2.31. The third-order valence-corrected chi connectivity index (χ3v) is 7.10. The molecule has 28 heavy (non-hydrogen) atoms. The molecule has 1 N–H and O–H groups in total. The second-order valence-electron chi connectivity index (χ2n) is 6.58. The molecule has 2 heterocycles. The van der Waals surface area contributed by atoms with Crippen LogP contribution in [0.2, 0.25) is 0 Å². The quantitative estimate of drug-likeness (QED) is 0.464. The van der Waals surface area contributed by atoms with E-state index < -0.39 is 5.97 Å². The zero-order valence-electron chi connectivity index (χ0n) is 14.9. The van der Waals surface area contributed by atoms with Crippen LogP contribution in [0.5, 0.6) is 0 Å². The van der Waals surface area contributed by atoms with Gasteiger partial charge in [-0.1, -0.05) is 54.3 Å². The lowest BCUT2D eigenvalue weighted by atomic mass is 10.0. The summed E-state index contributed by atoms with van der Waals surface area (Å²) in [4.78, 5) is 27.7. The van der Waals surface area contributed by atoms with Gasteiger partial charge in [0.05, 0.1) is 4.91 Å². The summed E-state index contributed by atoms with van der Waals surface area (Å²) in [7, 11) is 0. The molecule has 2 aliphatic rings. The lowest BCUT2D eigenvalue weighted by Gasteiger charge is -2.13. The number of thiophene rings is 1. The van der Waals surface area contributed by atoms with Gasteiger partial charge >= 0.3 is 5.97 Å². The van der Waals surface area contributed by atoms with Crippen LogP contribution in [0.4, 0.5) is 0 Å². The molecule has 1 aliphatic heterocycles. The molecule has 0 unspecified atom stereocenters. The van der Waals surface area contributed by atoms with Crippen molar-refractivity contribution in [3.63, 3.8) is 0 Å². The van der Waals surface area contributed by atoms with E-state index in [1.54, 1.807) is 11.3 Å². The Bertz CT molecular complexity index is 1040. The number of rotatable bonds is 5. The molecule has 0 spiro atoms. The molecule has 0 saturated carbocycles. The fourth-order valence-electron chi connectivity index (χ4n) is 3.25. The van der Waals surface area contributed by atoms with E-state index in [0.29, 0.717) is 22.2 Å². The summed E-state index contributed by atoms with van der Waals surface area (Å²) in [6, 6.07) is 10.5. The Morgan fingerprint density at radius 2 is 2.07 bits per heavy atom. The van der Waals surface area contributed by atoms with Gasteiger partial charge in [0.25, 0.3) is 5.91 Å². The Morgan fingerprint density at radius 3 is 2.89 bits per heavy atom. The van der Waals surface area contributed by atoms with Crippen molar-refractivity contribution in [3.05, 3.63) is 61.7 Å². The number of carboxylic acid groups (broad SMARTS) is 1. The van der Waals surface area contributed by atoms with Crippen LogP contribution >= 0.6 is 35.3 Å². The first-order chi connectivity index (χ1) is 13.5. The summed E-state index contributed by atoms with van der Waals surface area (Å²) < 4.78 is 0.494. The van der Waals surface area contributed by atoms with Crippen LogP contribution in [-0.4, -0.2) is 32.7 Å². The smallest absolute Gasteiger partial charge is 0.303 e. The number of carbonyl (C=O) groups is 2. The fourth-order valence-corrected chi connectivity index (χ4v) is 5.66. The fraction of sp³-hybridized carbons (Fsp3) is 0.190. The van der Waals surface area contributed by atoms with Crippen LogP contribution in [0, 0.1) is 0 Å². The molecular weight excluding hydrogens is 410 g/mol. The van der Waals surface area contributed by atoms with Gasteiger partial charge in [-0.3, -0.25) is 14.5 Å². The second-order valence-corrected chi connectivity index (χ2v) is 9.37. The van der Waals surface area contributed by atoms with Gasteiger partial charge in [-0.15, -0.1) is 11.3 Å². The molecule has 0 radical (unpaired) electrons. The highest BCUT2D eigenvalue weighted by Crippen LogP contribution is 2.36. The Balaban J connectivity index is 1.53. The lowest BCUT2D eigenvalue weighted by molar-refractivity contribution is -0.137. The molecule has 142 valence electrons. The van der Waals surface area contributed by atoms with Crippen molar-refractivity contribution in [1.82, 2.24) is 4.90 Å². The molecule has 1 fully saturated rings. The van der Waals surface area contributed by atoms with Crippen LogP contribution in [0.15, 0.2) is 35.2 Å². The summed E-state index contributed by atoms with van der Waals surface area (Å²) in [6.45, 7) is 0.342. The maximum absolute atomic E-state index is 12.7. The first-order valence-electron chi connectivity index (χ1n) is 8.87. The molecule has 4 nitrogen and oxygen atoms in total. The number of benzene rings is 1. The number of amides is 1. The van der Waals surface area contributed by atoms with Crippen molar-refractivity contribution in [2.45, 2.75) is 19.3 Å². The van der Waals surface area contributed by atoms with Gasteiger partial charge in [0.15, 0.2) is 0 Å². The van der Waals surface area contributed by atoms with Gasteiger partial charge in [-0.05, 0) is 47.8 Å². The molecule has 7 heteroatoms. The van der Waals surface area contributed by atoms with Crippen molar-refractivity contribution in [3.8, 4) is 0 Å². The number of carboxylic acids is 1. The van der Waals surface area contributed by atoms with Crippen LogP contribution < -0.4 is 0 Å². The minimum atomic E-state index is -0.865. The molecule has 0 atom stereocenters. The second kappa shape index (κ2) is 8.03. The van der Waals surface area contributed by atoms with Crippen molar-refractivity contribution in [1.29, 1.82) is 0 Å². The predicted molar refractivity (Wildman–Crippen MR) is 119 cm³/mol. The maximum atomic E-state index is 12.7. The third kappa shape index (κ3) is 3.97. The number of aliphatic carboxylic acids is 1. The number of thiocarbonyl (C=S) groups is 1. The standard InChI is InChI=1S/C21H17NO3S3/c23-19(24)6-3-9-22-20(25)18(28-21(22)26)12-16-11-15-10-14-5-2-1-4-13(14)7-8-17(15)27-16/h1-2,4-5,7-8,11-12H,3,6,9-10H2,(H,23,24)/b18-12+. The van der Waals surface area contributed by atoms with E-state index in [-0.39, 0.29) is 12.3 Å². The van der Waals surface area contributed by atoms with Crippen molar-refractivity contribution >= 4 is 69.7 Å². The number of fused-ring (bicyclic) bond motifs is 2. The predicted octanol–water partition coefficient (Wildman–Crippen LogP) is 4.89. The summed E-state index contributed by atoms with van der Waals surface area (Å²) >= 11 is 8.26. The zero-order chi connectivity index (χ0) is 19.7. The van der Waals surface area contributed by atoms with Crippen molar-refractivity contribution in [2.75, 3.05) is 6.54 Å². The van der Waals surface area contributed by atoms with Gasteiger partial charge in [-0.25, -0.2) is 0 Å². The molecule has 1 amide bonds. The Hall–Kier alpha value is -2.22. The first kappa shape index (κ1) is 19.1. The average Bonchev–Trinajstić information content (AvgIpc) is 3.09. The largest absolute Gasteiger partial charge is 0.481 e. The molecule has 1 saturated heterocycles. The van der Waals surface area contributed by atoms with Gasteiger partial charge in [-0.2, -0.15) is 0 Å². The van der Waals surface area contributed by atoms with E-state index >= 15 is 0 Å². The average molecular weight is 428 g/mol. The number of carbonyl (C=O) groups excluding carboxylic acids is 1. The Labute approximate surface area is 176 Å². The monoisotopic (exact) mass is 427 g/mol. The topological polar surface area (TPSA) is 57.6 Å². The Morgan fingerprint density at radius 1 is 1.25 bits per heavy atom. The maximum Gasteiger partial charge on any atom is 0.303 e. The summed E-state index contributed by atoms with van der Waals surface area (Å²) in [5.74, 6) is -0.999. The van der Waals surface area contributed by atoms with Crippen LogP contribution in [0.3, 0.4) is 0 Å². The Kier molecular flexibility index (Phi) is 5.48. The third-order valence-electron chi connectivity index (χ3n) is 4.63. The molecule has 1 aromatic heterocycles. The lowest BCUT2D eigenvalue weighted by Crippen LogP contribution is -2.29. The molecule has 4 rings (SSSR count). The summed E-state index contributed by atoms with van der Waals surface area (Å²) in [5.41, 5.74) is 3.80. The number of hydrogen-bond donors (Lipinski definition) is 1. The zero-order valence-corrected chi connectivity index (χ0v) is 17.3. The molecule has 0 bridgehead atoms. The summed E-state index contributed by atoms with van der Waals surface area (Å²) in [5, 5.41) is 8.77. The number of nitrogens with zero attached hydrogens (tertiary/aromatic N) is 1. The van der Waals surface area contributed by atoms with E-state index in [1.165, 1.54) is 38.2 Å². The van der Waals surface area contributed by atoms with E-state index in [9.17, 15) is 9.59 Å². The minimum absolute atomic E-state index is 0.0293. The van der Waals surface area contributed by atoms with E-state index in [2.05, 4.69) is 36.4 Å². The summed E-state index contributed by atoms with van der Waals surface area (Å²) in [6.07, 6.45) is 7.48. The molecular formula is C21H17NO3S3. The normalized spacial score (nSPS) is 17.0. The van der Waals surface area contributed by atoms with Gasteiger partial charge < -0.3 is 5.11 Å². The van der Waals surface area contributed by atoms with Crippen LogP contribution in [0.1, 0.15) is 39.3 Å². The van der Waals surface area contributed by atoms with Gasteiger partial charge in [0.2, 0.25) is 0 Å². The molecule has 1 aromatic carbocycles. The van der Waals surface area contributed by atoms with Crippen LogP contribution in [-0.2, 0) is 16.0 Å². The van der Waals surface area contributed by atoms with Crippen molar-refractivity contribution < 1.29 is 14.7 Å². The molecule has 1 aliphatic carbocycles.